The molecule has 6 rings (SSSR count). The van der Waals surface area contributed by atoms with E-state index < -0.39 is 5.41 Å². The van der Waals surface area contributed by atoms with Crippen molar-refractivity contribution >= 4 is 11.6 Å². The normalized spacial score (nSPS) is 22.0. The maximum absolute atomic E-state index is 13.0. The highest BCUT2D eigenvalue weighted by Crippen LogP contribution is 2.53. The summed E-state index contributed by atoms with van der Waals surface area (Å²) in [5.41, 5.74) is 1.77. The fraction of sp³-hybridized carbons (Fsp3) is 0.320. The molecule has 0 radical (unpaired) electrons. The molecule has 0 bridgehead atoms. The van der Waals surface area contributed by atoms with Crippen molar-refractivity contribution in [3.63, 3.8) is 0 Å². The highest BCUT2D eigenvalue weighted by atomic mass is 16.7. The summed E-state index contributed by atoms with van der Waals surface area (Å²) in [6.07, 6.45) is 1.30. The Balaban J connectivity index is 1.13. The standard InChI is InChI=1S/C25H24N2O5/c1-15-8-9-16(30-15)13-26-10-4-7-23-31-21-11-18-20(12-22(21)32-23)29-14-25(18)17-5-2-3-6-19(17)27-24(25)28/h2-3,5-6,8-9,11-12,23,26H,4,7,10,13-14H2,1H3,(H,27,28). The molecule has 0 saturated heterocycles. The molecule has 32 heavy (non-hydrogen) atoms. The zero-order valence-electron chi connectivity index (χ0n) is 17.8. The maximum Gasteiger partial charge on any atom is 0.243 e. The molecule has 2 unspecified atom stereocenters. The Kier molecular flexibility index (Phi) is 4.40. The van der Waals surface area contributed by atoms with Crippen molar-refractivity contribution < 1.29 is 23.4 Å². The van der Waals surface area contributed by atoms with Gasteiger partial charge in [0, 0.05) is 23.7 Å². The van der Waals surface area contributed by atoms with Crippen LogP contribution in [0.3, 0.4) is 0 Å². The van der Waals surface area contributed by atoms with Gasteiger partial charge in [-0.3, -0.25) is 4.79 Å². The first-order chi connectivity index (χ1) is 15.6. The summed E-state index contributed by atoms with van der Waals surface area (Å²) in [6.45, 7) is 3.75. The Morgan fingerprint density at radius 1 is 1.06 bits per heavy atom. The Morgan fingerprint density at radius 3 is 2.75 bits per heavy atom. The van der Waals surface area contributed by atoms with Gasteiger partial charge < -0.3 is 29.3 Å². The predicted octanol–water partition coefficient (Wildman–Crippen LogP) is 3.89. The molecular formula is C25H24N2O5. The molecule has 0 saturated carbocycles. The van der Waals surface area contributed by atoms with Crippen LogP contribution in [0.4, 0.5) is 5.69 Å². The van der Waals surface area contributed by atoms with Crippen molar-refractivity contribution in [2.75, 3.05) is 18.5 Å². The highest BCUT2D eigenvalue weighted by Gasteiger charge is 2.54. The van der Waals surface area contributed by atoms with Gasteiger partial charge in [-0.1, -0.05) is 18.2 Å². The van der Waals surface area contributed by atoms with Crippen LogP contribution in [0, 0.1) is 6.92 Å². The molecule has 7 nitrogen and oxygen atoms in total. The van der Waals surface area contributed by atoms with Crippen molar-refractivity contribution in [3.05, 3.63) is 71.2 Å². The number of amides is 1. The molecule has 4 heterocycles. The summed E-state index contributed by atoms with van der Waals surface area (Å²) in [5, 5.41) is 6.37. The van der Waals surface area contributed by atoms with Crippen molar-refractivity contribution in [2.45, 2.75) is 38.0 Å². The minimum absolute atomic E-state index is 0.0642. The number of hydrogen-bond acceptors (Lipinski definition) is 6. The largest absolute Gasteiger partial charge is 0.491 e. The fourth-order valence-corrected chi connectivity index (χ4v) is 4.78. The van der Waals surface area contributed by atoms with Crippen LogP contribution in [0.1, 0.15) is 35.5 Å². The van der Waals surface area contributed by atoms with E-state index >= 15 is 0 Å². The minimum Gasteiger partial charge on any atom is -0.491 e. The molecular weight excluding hydrogens is 408 g/mol. The van der Waals surface area contributed by atoms with Crippen molar-refractivity contribution in [2.24, 2.45) is 0 Å². The molecule has 1 spiro atoms. The van der Waals surface area contributed by atoms with E-state index in [0.717, 1.165) is 47.7 Å². The van der Waals surface area contributed by atoms with Crippen molar-refractivity contribution in [1.82, 2.24) is 5.32 Å². The molecule has 164 valence electrons. The maximum atomic E-state index is 13.0. The number of aryl methyl sites for hydroxylation is 1. The Labute approximate surface area is 185 Å². The lowest BCUT2D eigenvalue weighted by Crippen LogP contribution is -2.37. The van der Waals surface area contributed by atoms with E-state index in [9.17, 15) is 4.79 Å². The molecule has 1 aromatic heterocycles. The summed E-state index contributed by atoms with van der Waals surface area (Å²) in [7, 11) is 0. The predicted molar refractivity (Wildman–Crippen MR) is 117 cm³/mol. The molecule has 2 aromatic carbocycles. The van der Waals surface area contributed by atoms with Crippen LogP contribution in [-0.4, -0.2) is 25.3 Å². The smallest absolute Gasteiger partial charge is 0.243 e. The molecule has 7 heteroatoms. The summed E-state index contributed by atoms with van der Waals surface area (Å²) in [5.74, 6) is 3.79. The summed E-state index contributed by atoms with van der Waals surface area (Å²) in [6, 6.07) is 15.5. The van der Waals surface area contributed by atoms with Gasteiger partial charge in [0.2, 0.25) is 12.2 Å². The lowest BCUT2D eigenvalue weighted by molar-refractivity contribution is -0.119. The van der Waals surface area contributed by atoms with Crippen LogP contribution >= 0.6 is 0 Å². The van der Waals surface area contributed by atoms with Crippen LogP contribution in [-0.2, 0) is 16.8 Å². The number of carbonyl (C=O) groups is 1. The van der Waals surface area contributed by atoms with Crippen molar-refractivity contribution in [3.8, 4) is 17.2 Å². The summed E-state index contributed by atoms with van der Waals surface area (Å²) >= 11 is 0. The summed E-state index contributed by atoms with van der Waals surface area (Å²) < 4.78 is 23.6. The first-order valence-electron chi connectivity index (χ1n) is 11.0. The summed E-state index contributed by atoms with van der Waals surface area (Å²) in [4.78, 5) is 13.0. The van der Waals surface area contributed by atoms with Crippen LogP contribution in [0.5, 0.6) is 17.2 Å². The average molecular weight is 432 g/mol. The number of benzene rings is 2. The third-order valence-electron chi connectivity index (χ3n) is 6.38. The highest BCUT2D eigenvalue weighted by molar-refractivity contribution is 6.09. The number of furan rings is 1. The van der Waals surface area contributed by atoms with Crippen LogP contribution in [0.25, 0.3) is 0 Å². The van der Waals surface area contributed by atoms with Gasteiger partial charge in [-0.25, -0.2) is 0 Å². The zero-order chi connectivity index (χ0) is 21.7. The van der Waals surface area contributed by atoms with E-state index in [-0.39, 0.29) is 18.8 Å². The number of rotatable bonds is 6. The van der Waals surface area contributed by atoms with Crippen LogP contribution in [0.15, 0.2) is 52.9 Å². The van der Waals surface area contributed by atoms with Gasteiger partial charge in [-0.2, -0.15) is 0 Å². The number of ether oxygens (including phenoxy) is 3. The SMILES string of the molecule is Cc1ccc(CNCCCC2Oc3cc4c(cc3O2)C2(CO4)C(=O)Nc3ccccc32)o1. The van der Waals surface area contributed by atoms with E-state index in [1.165, 1.54) is 0 Å². The number of carbonyl (C=O) groups excluding carboxylic acids is 1. The Morgan fingerprint density at radius 2 is 1.91 bits per heavy atom. The van der Waals surface area contributed by atoms with Gasteiger partial charge in [0.05, 0.1) is 6.54 Å². The monoisotopic (exact) mass is 432 g/mol. The van der Waals surface area contributed by atoms with E-state index in [0.29, 0.717) is 23.8 Å². The Bertz CT molecular complexity index is 1200. The second-order valence-corrected chi connectivity index (χ2v) is 8.49. The first-order valence-corrected chi connectivity index (χ1v) is 11.0. The van der Waals surface area contributed by atoms with Crippen LogP contribution < -0.4 is 24.8 Å². The second-order valence-electron chi connectivity index (χ2n) is 8.49. The second kappa shape index (κ2) is 7.31. The number of para-hydroxylation sites is 1. The van der Waals surface area contributed by atoms with Gasteiger partial charge in [-0.05, 0) is 49.7 Å². The number of fused-ring (bicyclic) bond motifs is 5. The minimum atomic E-state index is -0.837. The van der Waals surface area contributed by atoms with Gasteiger partial charge in [0.25, 0.3) is 0 Å². The molecule has 1 amide bonds. The fourth-order valence-electron chi connectivity index (χ4n) is 4.78. The molecule has 3 aliphatic heterocycles. The van der Waals surface area contributed by atoms with E-state index in [1.54, 1.807) is 0 Å². The van der Waals surface area contributed by atoms with E-state index in [4.69, 9.17) is 18.6 Å². The molecule has 3 aliphatic rings. The van der Waals surface area contributed by atoms with Gasteiger partial charge in [-0.15, -0.1) is 0 Å². The number of anilines is 1. The van der Waals surface area contributed by atoms with Crippen molar-refractivity contribution in [1.29, 1.82) is 0 Å². The van der Waals surface area contributed by atoms with E-state index in [2.05, 4.69) is 10.6 Å². The third-order valence-corrected chi connectivity index (χ3v) is 6.38. The molecule has 2 atom stereocenters. The average Bonchev–Trinajstić information content (AvgIpc) is 3.53. The van der Waals surface area contributed by atoms with E-state index in [1.807, 2.05) is 55.5 Å². The topological polar surface area (TPSA) is 82.0 Å². The molecule has 2 N–H and O–H groups in total. The lowest BCUT2D eigenvalue weighted by Gasteiger charge is -2.20. The van der Waals surface area contributed by atoms with Gasteiger partial charge >= 0.3 is 0 Å². The Hall–Kier alpha value is -3.45. The van der Waals surface area contributed by atoms with Crippen LogP contribution in [0.2, 0.25) is 0 Å². The number of nitrogens with one attached hydrogen (secondary N) is 2. The zero-order valence-corrected chi connectivity index (χ0v) is 17.8. The first kappa shape index (κ1) is 19.3. The molecule has 0 fully saturated rings. The lowest BCUT2D eigenvalue weighted by atomic mass is 9.77. The molecule has 0 aliphatic carbocycles. The molecule has 3 aromatic rings. The number of hydrogen-bond donors (Lipinski definition) is 2. The quantitative estimate of drug-likeness (QED) is 0.575. The van der Waals surface area contributed by atoms with Gasteiger partial charge in [0.1, 0.15) is 29.3 Å². The third kappa shape index (κ3) is 2.96. The van der Waals surface area contributed by atoms with Gasteiger partial charge in [0.15, 0.2) is 11.5 Å².